The number of β-amino-alcohol motifs (C(OH)–C–C–N with tert-alkyl or cyclic N) is 1. The van der Waals surface area contributed by atoms with Crippen LogP contribution in [0, 0.1) is 41.2 Å². The average molecular weight is 1300 g/mol. The summed E-state index contributed by atoms with van der Waals surface area (Å²) in [7, 11) is 2.20. The van der Waals surface area contributed by atoms with Crippen LogP contribution in [0.3, 0.4) is 0 Å². The van der Waals surface area contributed by atoms with Gasteiger partial charge in [0.15, 0.2) is 5.67 Å². The molecule has 2 aromatic heterocycles. The van der Waals surface area contributed by atoms with Gasteiger partial charge in [0.2, 0.25) is 23.6 Å². The number of amides is 5. The molecule has 5 saturated heterocycles. The number of ether oxygens (including phenoxy) is 1. The summed E-state index contributed by atoms with van der Waals surface area (Å²) in [6.45, 7) is 19.4. The summed E-state index contributed by atoms with van der Waals surface area (Å²) >= 11 is 1.50. The molecule has 2 saturated carbocycles. The van der Waals surface area contributed by atoms with E-state index in [1.165, 1.54) is 28.4 Å². The van der Waals surface area contributed by atoms with Gasteiger partial charge in [-0.1, -0.05) is 46.8 Å². The van der Waals surface area contributed by atoms with E-state index in [1.54, 1.807) is 37.5 Å². The minimum atomic E-state index is -1.99. The lowest BCUT2D eigenvalue weighted by atomic mass is 9.82. The molecule has 0 radical (unpaired) electrons. The van der Waals surface area contributed by atoms with E-state index in [0.717, 1.165) is 99.1 Å². The van der Waals surface area contributed by atoms with Gasteiger partial charge in [-0.2, -0.15) is 0 Å². The summed E-state index contributed by atoms with van der Waals surface area (Å²) in [5, 5.41) is 26.0. The normalized spacial score (nSPS) is 23.9. The number of aliphatic hydroxyl groups is 1. The summed E-state index contributed by atoms with van der Waals surface area (Å²) in [4.78, 5) is 93.8. The minimum Gasteiger partial charge on any atom is -0.491 e. The molecule has 6 N–H and O–H groups in total. The van der Waals surface area contributed by atoms with Gasteiger partial charge in [-0.05, 0) is 132 Å². The number of piperazine rings is 1. The zero-order chi connectivity index (χ0) is 65.3. The van der Waals surface area contributed by atoms with Gasteiger partial charge in [0, 0.05) is 94.6 Å². The van der Waals surface area contributed by atoms with Crippen LogP contribution in [0.2, 0.25) is 0 Å². The van der Waals surface area contributed by atoms with Gasteiger partial charge in [-0.3, -0.25) is 33.8 Å². The lowest BCUT2D eigenvalue weighted by Crippen LogP contribution is -2.66. The molecule has 7 heterocycles. The van der Waals surface area contributed by atoms with E-state index in [1.807, 2.05) is 31.2 Å². The molecule has 21 nitrogen and oxygen atoms in total. The zero-order valence-electron chi connectivity index (χ0n) is 54.4. The highest BCUT2D eigenvalue weighted by Crippen LogP contribution is 2.42. The van der Waals surface area contributed by atoms with Gasteiger partial charge in [-0.15, -0.1) is 11.3 Å². The number of benzene rings is 2. The molecule has 0 unspecified atom stereocenters. The van der Waals surface area contributed by atoms with Gasteiger partial charge >= 0.3 is 0 Å². The zero-order valence-corrected chi connectivity index (χ0v) is 55.2. The molecular formula is C67H93F3N14O7S. The summed E-state index contributed by atoms with van der Waals surface area (Å²) in [5.74, 6) is -0.0508. The van der Waals surface area contributed by atoms with Gasteiger partial charge < -0.3 is 56.0 Å². The van der Waals surface area contributed by atoms with Crippen LogP contribution in [0.4, 0.5) is 30.5 Å². The molecule has 500 valence electrons. The number of carbonyl (C=O) groups excluding carboxylic acids is 5. The smallest absolute Gasteiger partial charge is 0.258 e. The Hall–Kier alpha value is -6.67. The van der Waals surface area contributed by atoms with E-state index < -0.39 is 64.2 Å². The number of piperidine rings is 2. The Morgan fingerprint density at radius 1 is 0.870 bits per heavy atom. The Morgan fingerprint density at radius 3 is 2.30 bits per heavy atom. The number of hydrogen-bond acceptors (Lipinski definition) is 17. The molecule has 11 rings (SSSR count). The molecule has 5 aliphatic heterocycles. The molecule has 2 aliphatic carbocycles. The largest absolute Gasteiger partial charge is 0.491 e. The van der Waals surface area contributed by atoms with E-state index in [9.17, 15) is 33.5 Å². The van der Waals surface area contributed by atoms with Crippen molar-refractivity contribution in [3.8, 4) is 16.2 Å². The minimum absolute atomic E-state index is 0.00159. The molecule has 25 heteroatoms. The number of halogens is 3. The Labute approximate surface area is 542 Å². The first-order valence-electron chi connectivity index (χ1n) is 33.0. The Kier molecular flexibility index (Phi) is 20.1. The Morgan fingerprint density at radius 2 is 1.61 bits per heavy atom. The van der Waals surface area contributed by atoms with Crippen molar-refractivity contribution in [3.63, 3.8) is 0 Å². The number of aliphatic hydroxyl groups excluding tert-OH is 1. The van der Waals surface area contributed by atoms with Gasteiger partial charge in [0.25, 0.3) is 5.91 Å². The predicted molar refractivity (Wildman–Crippen MR) is 347 cm³/mol. The highest BCUT2D eigenvalue weighted by molar-refractivity contribution is 7.13. The maximum Gasteiger partial charge on any atom is 0.258 e. The van der Waals surface area contributed by atoms with Crippen molar-refractivity contribution in [1.82, 2.24) is 55.8 Å². The van der Waals surface area contributed by atoms with E-state index in [4.69, 9.17) is 4.74 Å². The maximum atomic E-state index is 15.8. The average Bonchev–Trinajstić information content (AvgIpc) is 0.871. The SMILES string of the molecule is Cc1ncsc1-c1ccc(CNC(=O)[C@@H]2C[C@@H](O)CN2C(=O)[C@@H](NC(=O)C2(F)CC2)C(C)(C)C)c(OCCNC(=O)CN2C[C@H]3C[C@@H](N(C)CCCNc4cc(N5CCC6(CC5)CN(c5cc(F)c(CN7CCC(C)(C)CC7)cc5F)CC(=O)N6)ncn4)C[C@H]3C2)c1. The van der Waals surface area contributed by atoms with Crippen molar-refractivity contribution >= 4 is 58.2 Å². The van der Waals surface area contributed by atoms with E-state index >= 15 is 8.78 Å². The highest BCUT2D eigenvalue weighted by atomic mass is 32.1. The fourth-order valence-electron chi connectivity index (χ4n) is 14.5. The van der Waals surface area contributed by atoms with Crippen molar-refractivity contribution in [3.05, 3.63) is 76.7 Å². The third-order valence-corrected chi connectivity index (χ3v) is 21.3. The number of carbonyl (C=O) groups is 5. The second-order valence-corrected chi connectivity index (χ2v) is 29.9. The van der Waals surface area contributed by atoms with Gasteiger partial charge in [-0.25, -0.2) is 28.1 Å². The number of rotatable bonds is 23. The molecule has 6 atom stereocenters. The van der Waals surface area contributed by atoms with Crippen molar-refractivity contribution in [1.29, 1.82) is 0 Å². The second kappa shape index (κ2) is 27.7. The number of likely N-dealkylation sites (tertiary alicyclic amines) is 3. The third kappa shape index (κ3) is 15.9. The highest BCUT2D eigenvalue weighted by Gasteiger charge is 2.54. The predicted octanol–water partition coefficient (Wildman–Crippen LogP) is 6.03. The van der Waals surface area contributed by atoms with Crippen LogP contribution in [0.25, 0.3) is 10.4 Å². The lowest BCUT2D eigenvalue weighted by molar-refractivity contribution is -0.145. The van der Waals surface area contributed by atoms with Crippen LogP contribution >= 0.6 is 11.3 Å². The van der Waals surface area contributed by atoms with Crippen molar-refractivity contribution in [2.45, 2.75) is 154 Å². The lowest BCUT2D eigenvalue weighted by Gasteiger charge is -2.48. The number of thiazole rings is 1. The second-order valence-electron chi connectivity index (χ2n) is 29.0. The number of nitrogens with zero attached hydrogens (tertiary/aromatic N) is 9. The molecular weight excluding hydrogens is 1200 g/mol. The fraction of sp³-hybridized carbons (Fsp3) is 0.642. The Bertz CT molecular complexity index is 3310. The molecule has 92 heavy (non-hydrogen) atoms. The van der Waals surface area contributed by atoms with Gasteiger partial charge in [0.1, 0.15) is 54.0 Å². The van der Waals surface area contributed by atoms with Crippen molar-refractivity contribution < 1.29 is 47.0 Å². The number of alkyl halides is 1. The summed E-state index contributed by atoms with van der Waals surface area (Å²) in [6.07, 6.45) is 7.14. The quantitative estimate of drug-likeness (QED) is 0.0465. The topological polar surface area (TPSA) is 233 Å². The third-order valence-electron chi connectivity index (χ3n) is 20.3. The summed E-state index contributed by atoms with van der Waals surface area (Å²) in [6, 6.07) is 8.56. The van der Waals surface area contributed by atoms with Gasteiger partial charge in [0.05, 0.1) is 53.0 Å². The molecule has 7 aliphatic rings. The number of hydrogen-bond donors (Lipinski definition) is 6. The summed E-state index contributed by atoms with van der Waals surface area (Å²) < 4.78 is 52.4. The van der Waals surface area contributed by atoms with Crippen LogP contribution in [-0.2, 0) is 37.1 Å². The van der Waals surface area contributed by atoms with Crippen molar-refractivity contribution in [2.24, 2.45) is 22.7 Å². The molecule has 1 spiro atoms. The molecule has 7 fully saturated rings. The number of nitrogens with one attached hydrogen (secondary N) is 5. The standard InChI is InChI=1S/C67H93F3N14O7S/c1-42-59(92-41-76-42)43-9-10-44(32-73-61(88)53-29-49(85)36-84(53)62(89)60(64(2,3)4)77-63(90)67(70)11-12-67)54(28-43)91-24-18-72-57(86)37-81-33-45-25-48(26-46(45)34-81)79(7)19-8-17-71-55-31-56(75-40-74-55)82-22-15-66(16-23-82)39-83(38-58(87)78-66)52-30-50(68)47(27-51(52)69)35-80-20-13-65(5,6)14-21-80/h9-10,27-28,30-31,40-41,45-46,48-49,53,60,85H,8,11-26,29,32-39H2,1-7H3,(H,72,86)(H,73,88)(H,77,90)(H,78,87)(H,71,74,75)/t45-,46+,48-,49-,53+,60-/m1/s1. The summed E-state index contributed by atoms with van der Waals surface area (Å²) in [5.41, 5.74) is 1.53. The maximum absolute atomic E-state index is 15.8. The van der Waals surface area contributed by atoms with E-state index in [0.29, 0.717) is 80.3 Å². The fourth-order valence-corrected chi connectivity index (χ4v) is 15.3. The first kappa shape index (κ1) is 66.8. The molecule has 4 aromatic rings. The van der Waals surface area contributed by atoms with Crippen molar-refractivity contribution in [2.75, 3.05) is 114 Å². The van der Waals surface area contributed by atoms with Crippen LogP contribution in [0.1, 0.15) is 116 Å². The molecule has 0 bridgehead atoms. The molecule has 2 aromatic carbocycles. The number of anilines is 3. The monoisotopic (exact) mass is 1290 g/mol. The van der Waals surface area contributed by atoms with Crippen LogP contribution < -0.4 is 41.1 Å². The van der Waals surface area contributed by atoms with E-state index in [2.05, 4.69) is 82.0 Å². The van der Waals surface area contributed by atoms with Crippen LogP contribution in [-0.4, -0.2) is 203 Å². The number of aryl methyl sites for hydroxylation is 1. The first-order chi connectivity index (χ1) is 43.8. The first-order valence-corrected chi connectivity index (χ1v) is 33.9. The number of fused-ring (bicyclic) bond motifs is 1. The molecule has 5 amide bonds. The van der Waals surface area contributed by atoms with E-state index in [-0.39, 0.29) is 75.0 Å². The number of aromatic nitrogens is 3. The van der Waals surface area contributed by atoms with Crippen LogP contribution in [0.15, 0.2) is 48.2 Å². The Balaban J connectivity index is 0.590. The van der Waals surface area contributed by atoms with Crippen LogP contribution in [0.5, 0.6) is 5.75 Å².